The SMILES string of the molecule is Cc1oc2cc(OC(=O)c3ccc(Br)cc3)ccc2c(=O)c1-c1ccc(Br)cc1. The minimum Gasteiger partial charge on any atom is -0.460 e. The maximum Gasteiger partial charge on any atom is 0.343 e. The molecule has 0 N–H and O–H groups in total. The van der Waals surface area contributed by atoms with Gasteiger partial charge in [0.15, 0.2) is 0 Å². The van der Waals surface area contributed by atoms with Gasteiger partial charge in [-0.15, -0.1) is 0 Å². The van der Waals surface area contributed by atoms with Gasteiger partial charge in [-0.25, -0.2) is 4.79 Å². The first kappa shape index (κ1) is 19.6. The third-order valence-corrected chi connectivity index (χ3v) is 5.52. The third-order valence-electron chi connectivity index (χ3n) is 4.46. The van der Waals surface area contributed by atoms with E-state index in [-0.39, 0.29) is 5.43 Å². The summed E-state index contributed by atoms with van der Waals surface area (Å²) >= 11 is 6.73. The normalized spacial score (nSPS) is 10.9. The molecule has 1 heterocycles. The zero-order valence-electron chi connectivity index (χ0n) is 15.2. The Hall–Kier alpha value is -2.70. The predicted octanol–water partition coefficient (Wildman–Crippen LogP) is 6.51. The van der Waals surface area contributed by atoms with E-state index in [1.807, 2.05) is 24.3 Å². The van der Waals surface area contributed by atoms with Crippen molar-refractivity contribution in [3.8, 4) is 16.9 Å². The summed E-state index contributed by atoms with van der Waals surface area (Å²) in [5.41, 5.74) is 1.97. The molecule has 0 unspecified atom stereocenters. The molecule has 0 aliphatic heterocycles. The number of carbonyl (C=O) groups excluding carboxylic acids is 1. The minimum atomic E-state index is -0.484. The van der Waals surface area contributed by atoms with E-state index in [1.54, 1.807) is 49.4 Å². The Kier molecular flexibility index (Phi) is 5.39. The van der Waals surface area contributed by atoms with E-state index in [1.165, 1.54) is 0 Å². The number of ether oxygens (including phenoxy) is 1. The molecule has 1 aromatic heterocycles. The van der Waals surface area contributed by atoms with Crippen LogP contribution < -0.4 is 10.2 Å². The molecule has 4 nitrogen and oxygen atoms in total. The van der Waals surface area contributed by atoms with Crippen LogP contribution in [-0.2, 0) is 0 Å². The molecule has 0 spiro atoms. The molecule has 144 valence electrons. The number of halogens is 2. The Morgan fingerprint density at radius 3 is 2.17 bits per heavy atom. The molecule has 3 aromatic carbocycles. The molecular weight excluding hydrogens is 500 g/mol. The molecule has 0 aliphatic rings. The molecule has 0 saturated carbocycles. The lowest BCUT2D eigenvalue weighted by atomic mass is 10.0. The Bertz CT molecular complexity index is 1270. The van der Waals surface area contributed by atoms with Gasteiger partial charge in [0.2, 0.25) is 5.43 Å². The number of aryl methyl sites for hydroxylation is 1. The monoisotopic (exact) mass is 512 g/mol. The second-order valence-electron chi connectivity index (χ2n) is 6.42. The molecule has 0 amide bonds. The topological polar surface area (TPSA) is 56.5 Å². The predicted molar refractivity (Wildman–Crippen MR) is 119 cm³/mol. The summed E-state index contributed by atoms with van der Waals surface area (Å²) in [6.07, 6.45) is 0. The second-order valence-corrected chi connectivity index (χ2v) is 8.25. The Balaban J connectivity index is 1.71. The van der Waals surface area contributed by atoms with Gasteiger partial charge in [0.05, 0.1) is 16.5 Å². The molecule has 6 heteroatoms. The van der Waals surface area contributed by atoms with Crippen LogP contribution in [0.25, 0.3) is 22.1 Å². The summed E-state index contributed by atoms with van der Waals surface area (Å²) in [4.78, 5) is 25.4. The lowest BCUT2D eigenvalue weighted by Crippen LogP contribution is -2.10. The fourth-order valence-corrected chi connectivity index (χ4v) is 3.58. The Morgan fingerprint density at radius 2 is 1.52 bits per heavy atom. The first-order chi connectivity index (χ1) is 13.9. The summed E-state index contributed by atoms with van der Waals surface area (Å²) in [6.45, 7) is 1.75. The number of hydrogen-bond donors (Lipinski definition) is 0. The zero-order chi connectivity index (χ0) is 20.5. The molecule has 0 bridgehead atoms. The largest absolute Gasteiger partial charge is 0.460 e. The van der Waals surface area contributed by atoms with Gasteiger partial charge in [-0.05, 0) is 61.0 Å². The van der Waals surface area contributed by atoms with Crippen LogP contribution in [0.1, 0.15) is 16.1 Å². The number of hydrogen-bond acceptors (Lipinski definition) is 4. The fourth-order valence-electron chi connectivity index (χ4n) is 3.05. The first-order valence-electron chi connectivity index (χ1n) is 8.73. The highest BCUT2D eigenvalue weighted by Crippen LogP contribution is 2.27. The number of rotatable bonds is 3. The van der Waals surface area contributed by atoms with Crippen LogP contribution in [0.3, 0.4) is 0 Å². The van der Waals surface area contributed by atoms with E-state index in [9.17, 15) is 9.59 Å². The maximum absolute atomic E-state index is 13.0. The van der Waals surface area contributed by atoms with Crippen molar-refractivity contribution in [2.24, 2.45) is 0 Å². The summed E-state index contributed by atoms with van der Waals surface area (Å²) in [5, 5.41) is 0.428. The van der Waals surface area contributed by atoms with Crippen molar-refractivity contribution in [2.75, 3.05) is 0 Å². The molecule has 0 radical (unpaired) electrons. The van der Waals surface area contributed by atoms with Crippen LogP contribution >= 0.6 is 31.9 Å². The van der Waals surface area contributed by atoms with E-state index in [4.69, 9.17) is 9.15 Å². The van der Waals surface area contributed by atoms with Gasteiger partial charge in [-0.3, -0.25) is 4.79 Å². The standard InChI is InChI=1S/C23H14Br2O4/c1-13-21(14-2-6-16(24)7-3-14)22(26)19-11-10-18(12-20(19)28-13)29-23(27)15-4-8-17(25)9-5-15/h2-12H,1H3. The lowest BCUT2D eigenvalue weighted by molar-refractivity contribution is 0.0735. The van der Waals surface area contributed by atoms with Gasteiger partial charge in [0.25, 0.3) is 0 Å². The van der Waals surface area contributed by atoms with Crippen molar-refractivity contribution in [2.45, 2.75) is 6.92 Å². The van der Waals surface area contributed by atoms with Gasteiger partial charge in [-0.1, -0.05) is 44.0 Å². The van der Waals surface area contributed by atoms with Gasteiger partial charge >= 0.3 is 5.97 Å². The van der Waals surface area contributed by atoms with Gasteiger partial charge in [0, 0.05) is 15.0 Å². The molecule has 0 saturated heterocycles. The smallest absolute Gasteiger partial charge is 0.343 e. The number of carbonyl (C=O) groups is 1. The van der Waals surface area contributed by atoms with Crippen molar-refractivity contribution in [3.05, 3.63) is 97.2 Å². The van der Waals surface area contributed by atoms with E-state index < -0.39 is 5.97 Å². The summed E-state index contributed by atoms with van der Waals surface area (Å²) in [6, 6.07) is 19.1. The van der Waals surface area contributed by atoms with Crippen molar-refractivity contribution in [1.29, 1.82) is 0 Å². The number of fused-ring (bicyclic) bond motifs is 1. The molecular formula is C23H14Br2O4. The van der Waals surface area contributed by atoms with Crippen LogP contribution in [0, 0.1) is 6.92 Å². The second kappa shape index (κ2) is 7.97. The average molecular weight is 514 g/mol. The molecule has 0 atom stereocenters. The highest BCUT2D eigenvalue weighted by atomic mass is 79.9. The van der Waals surface area contributed by atoms with Crippen molar-refractivity contribution in [1.82, 2.24) is 0 Å². The molecule has 4 rings (SSSR count). The quantitative estimate of drug-likeness (QED) is 0.231. The van der Waals surface area contributed by atoms with E-state index in [0.29, 0.717) is 33.6 Å². The van der Waals surface area contributed by atoms with Crippen LogP contribution in [-0.4, -0.2) is 5.97 Å². The highest BCUT2D eigenvalue weighted by molar-refractivity contribution is 9.10. The van der Waals surface area contributed by atoms with Gasteiger partial charge < -0.3 is 9.15 Å². The fraction of sp³-hybridized carbons (Fsp3) is 0.0435. The number of esters is 1. The van der Waals surface area contributed by atoms with Crippen LogP contribution in [0.2, 0.25) is 0 Å². The van der Waals surface area contributed by atoms with E-state index >= 15 is 0 Å². The number of benzene rings is 3. The van der Waals surface area contributed by atoms with E-state index in [2.05, 4.69) is 31.9 Å². The van der Waals surface area contributed by atoms with Crippen LogP contribution in [0.5, 0.6) is 5.75 Å². The van der Waals surface area contributed by atoms with Crippen molar-refractivity contribution >= 4 is 48.8 Å². The van der Waals surface area contributed by atoms with Crippen LogP contribution in [0.15, 0.2) is 84.9 Å². The highest BCUT2D eigenvalue weighted by Gasteiger charge is 2.15. The van der Waals surface area contributed by atoms with E-state index in [0.717, 1.165) is 14.5 Å². The first-order valence-corrected chi connectivity index (χ1v) is 10.3. The minimum absolute atomic E-state index is 0.128. The van der Waals surface area contributed by atoms with Crippen LogP contribution in [0.4, 0.5) is 0 Å². The van der Waals surface area contributed by atoms with Crippen molar-refractivity contribution in [3.63, 3.8) is 0 Å². The molecule has 4 aromatic rings. The third kappa shape index (κ3) is 4.04. The molecule has 0 fully saturated rings. The molecule has 29 heavy (non-hydrogen) atoms. The maximum atomic E-state index is 13.0. The van der Waals surface area contributed by atoms with Gasteiger partial charge in [-0.2, -0.15) is 0 Å². The average Bonchev–Trinajstić information content (AvgIpc) is 2.69. The lowest BCUT2D eigenvalue weighted by Gasteiger charge is -2.09. The summed E-state index contributed by atoms with van der Waals surface area (Å²) in [7, 11) is 0. The summed E-state index contributed by atoms with van der Waals surface area (Å²) < 4.78 is 13.1. The molecule has 0 aliphatic carbocycles. The summed E-state index contributed by atoms with van der Waals surface area (Å²) in [5.74, 6) is 0.327. The zero-order valence-corrected chi connectivity index (χ0v) is 18.4. The van der Waals surface area contributed by atoms with Gasteiger partial charge in [0.1, 0.15) is 17.1 Å². The Morgan fingerprint density at radius 1 is 0.897 bits per heavy atom. The Labute approximate surface area is 183 Å². The van der Waals surface area contributed by atoms with Crippen molar-refractivity contribution < 1.29 is 13.9 Å².